The van der Waals surface area contributed by atoms with Crippen LogP contribution in [0.2, 0.25) is 0 Å². The van der Waals surface area contributed by atoms with E-state index in [4.69, 9.17) is 9.47 Å². The molecule has 0 fully saturated rings. The Hall–Kier alpha value is -2.21. The van der Waals surface area contributed by atoms with Crippen LogP contribution in [0.3, 0.4) is 0 Å². The second-order valence-corrected chi connectivity index (χ2v) is 5.66. The van der Waals surface area contributed by atoms with E-state index in [1.165, 1.54) is 26.4 Å². The van der Waals surface area contributed by atoms with Gasteiger partial charge in [-0.3, -0.25) is 4.72 Å². The van der Waals surface area contributed by atoms with Gasteiger partial charge < -0.3 is 9.47 Å². The van der Waals surface area contributed by atoms with Gasteiger partial charge >= 0.3 is 0 Å². The number of benzene rings is 2. The number of nitrogens with one attached hydrogen (secondary N) is 1. The predicted octanol–water partition coefficient (Wildman–Crippen LogP) is 2.50. The molecule has 0 aliphatic rings. The van der Waals surface area contributed by atoms with Crippen molar-refractivity contribution >= 4 is 15.7 Å². The summed E-state index contributed by atoms with van der Waals surface area (Å²) in [4.78, 5) is 0.157. The Balaban J connectivity index is 2.30. The molecule has 106 valence electrons. The molecule has 0 amide bonds. The number of sulfonamides is 1. The number of hydrogen-bond acceptors (Lipinski definition) is 4. The van der Waals surface area contributed by atoms with Gasteiger partial charge in [0.2, 0.25) is 0 Å². The van der Waals surface area contributed by atoms with E-state index in [9.17, 15) is 8.42 Å². The monoisotopic (exact) mass is 293 g/mol. The van der Waals surface area contributed by atoms with Crippen LogP contribution in [0.25, 0.3) is 0 Å². The average molecular weight is 293 g/mol. The highest BCUT2D eigenvalue weighted by Gasteiger charge is 2.16. The summed E-state index contributed by atoms with van der Waals surface area (Å²) in [5.41, 5.74) is 0.394. The Morgan fingerprint density at radius 3 is 2.15 bits per heavy atom. The zero-order chi connectivity index (χ0) is 14.6. The Morgan fingerprint density at radius 2 is 1.55 bits per heavy atom. The first-order chi connectivity index (χ1) is 9.56. The lowest BCUT2D eigenvalue weighted by Gasteiger charge is -2.11. The van der Waals surface area contributed by atoms with Crippen LogP contribution < -0.4 is 14.2 Å². The van der Waals surface area contributed by atoms with E-state index in [-0.39, 0.29) is 4.90 Å². The lowest BCUT2D eigenvalue weighted by molar-refractivity contribution is 0.414. The Bertz CT molecular complexity index is 681. The number of hydrogen-bond donors (Lipinski definition) is 1. The first-order valence-electron chi connectivity index (χ1n) is 5.87. The number of anilines is 1. The van der Waals surface area contributed by atoms with Crippen molar-refractivity contribution in [3.63, 3.8) is 0 Å². The molecule has 0 aromatic heterocycles. The van der Waals surface area contributed by atoms with E-state index in [1.54, 1.807) is 36.4 Å². The van der Waals surface area contributed by atoms with Gasteiger partial charge in [0.15, 0.2) is 0 Å². The second kappa shape index (κ2) is 5.83. The van der Waals surface area contributed by atoms with Crippen molar-refractivity contribution in [2.75, 3.05) is 18.9 Å². The summed E-state index contributed by atoms with van der Waals surface area (Å²) in [6, 6.07) is 13.0. The molecule has 2 rings (SSSR count). The molecule has 0 aliphatic carbocycles. The molecule has 0 aliphatic heterocycles. The molecule has 2 aromatic rings. The average Bonchev–Trinajstić information content (AvgIpc) is 2.47. The maximum atomic E-state index is 12.3. The normalized spacial score (nSPS) is 10.9. The minimum atomic E-state index is -3.66. The summed E-state index contributed by atoms with van der Waals surface area (Å²) >= 11 is 0. The van der Waals surface area contributed by atoms with E-state index in [1.807, 2.05) is 0 Å². The van der Waals surface area contributed by atoms with Gasteiger partial charge in [-0.05, 0) is 36.4 Å². The maximum absolute atomic E-state index is 12.3. The summed E-state index contributed by atoms with van der Waals surface area (Å²) in [6.07, 6.45) is 0. The molecule has 0 heterocycles. The molecule has 0 radical (unpaired) electrons. The van der Waals surface area contributed by atoms with Gasteiger partial charge in [-0.1, -0.05) is 12.1 Å². The molecular formula is C14H15NO4S. The van der Waals surface area contributed by atoms with Crippen LogP contribution in [0, 0.1) is 0 Å². The third kappa shape index (κ3) is 3.03. The van der Waals surface area contributed by atoms with Crippen LogP contribution in [0.4, 0.5) is 5.69 Å². The minimum Gasteiger partial charge on any atom is -0.497 e. The van der Waals surface area contributed by atoms with Crippen LogP contribution in [0.5, 0.6) is 11.5 Å². The lowest BCUT2D eigenvalue weighted by Crippen LogP contribution is -2.13. The predicted molar refractivity (Wildman–Crippen MR) is 76.8 cm³/mol. The zero-order valence-electron chi connectivity index (χ0n) is 11.2. The van der Waals surface area contributed by atoms with Crippen molar-refractivity contribution < 1.29 is 17.9 Å². The van der Waals surface area contributed by atoms with Crippen molar-refractivity contribution in [2.45, 2.75) is 4.90 Å². The van der Waals surface area contributed by atoms with Crippen molar-refractivity contribution in [3.05, 3.63) is 48.5 Å². The van der Waals surface area contributed by atoms with Crippen molar-refractivity contribution in [2.24, 2.45) is 0 Å². The summed E-state index contributed by atoms with van der Waals surface area (Å²) in [5, 5.41) is 0. The summed E-state index contributed by atoms with van der Waals surface area (Å²) in [5.74, 6) is 1.06. The van der Waals surface area contributed by atoms with Gasteiger partial charge in [0, 0.05) is 0 Å². The summed E-state index contributed by atoms with van der Waals surface area (Å²) in [7, 11) is -0.645. The molecule has 0 unspecified atom stereocenters. The lowest BCUT2D eigenvalue weighted by atomic mass is 10.3. The van der Waals surface area contributed by atoms with Crippen LogP contribution in [-0.2, 0) is 10.0 Å². The van der Waals surface area contributed by atoms with E-state index >= 15 is 0 Å². The molecule has 20 heavy (non-hydrogen) atoms. The fourth-order valence-electron chi connectivity index (χ4n) is 1.69. The topological polar surface area (TPSA) is 64.6 Å². The van der Waals surface area contributed by atoms with Gasteiger partial charge in [-0.25, -0.2) is 8.42 Å². The molecule has 0 spiro atoms. The molecule has 0 bridgehead atoms. The third-order valence-electron chi connectivity index (χ3n) is 2.72. The molecule has 0 atom stereocenters. The van der Waals surface area contributed by atoms with Crippen LogP contribution in [-0.4, -0.2) is 22.6 Å². The quantitative estimate of drug-likeness (QED) is 0.920. The van der Waals surface area contributed by atoms with Gasteiger partial charge in [-0.15, -0.1) is 0 Å². The highest BCUT2D eigenvalue weighted by Crippen LogP contribution is 2.26. The van der Waals surface area contributed by atoms with Gasteiger partial charge in [0.25, 0.3) is 10.0 Å². The summed E-state index contributed by atoms with van der Waals surface area (Å²) in [6.45, 7) is 0. The SMILES string of the molecule is COc1ccc(S(=O)(=O)Nc2ccccc2OC)cc1. The van der Waals surface area contributed by atoms with Crippen LogP contribution >= 0.6 is 0 Å². The Labute approximate surface area is 118 Å². The fourth-order valence-corrected chi connectivity index (χ4v) is 2.76. The molecule has 1 N–H and O–H groups in total. The first kappa shape index (κ1) is 14.2. The van der Waals surface area contributed by atoms with Crippen LogP contribution in [0.15, 0.2) is 53.4 Å². The van der Waals surface area contributed by atoms with Crippen molar-refractivity contribution in [1.29, 1.82) is 0 Å². The zero-order valence-corrected chi connectivity index (χ0v) is 12.0. The van der Waals surface area contributed by atoms with Gasteiger partial charge in [-0.2, -0.15) is 0 Å². The summed E-state index contributed by atoms with van der Waals surface area (Å²) < 4.78 is 37.1. The number of ether oxygens (including phenoxy) is 2. The molecule has 2 aromatic carbocycles. The molecule has 0 saturated heterocycles. The smallest absolute Gasteiger partial charge is 0.262 e. The van der Waals surface area contributed by atoms with Gasteiger partial charge in [0.1, 0.15) is 11.5 Å². The molecular weight excluding hydrogens is 278 g/mol. The fraction of sp³-hybridized carbons (Fsp3) is 0.143. The standard InChI is InChI=1S/C14H15NO4S/c1-18-11-7-9-12(10-8-11)20(16,17)15-13-5-3-4-6-14(13)19-2/h3-10,15H,1-2H3. The highest BCUT2D eigenvalue weighted by atomic mass is 32.2. The second-order valence-electron chi connectivity index (χ2n) is 3.98. The maximum Gasteiger partial charge on any atom is 0.262 e. The number of methoxy groups -OCH3 is 2. The Morgan fingerprint density at radius 1 is 0.900 bits per heavy atom. The largest absolute Gasteiger partial charge is 0.497 e. The van der Waals surface area contributed by atoms with Crippen molar-refractivity contribution in [1.82, 2.24) is 0 Å². The highest BCUT2D eigenvalue weighted by molar-refractivity contribution is 7.92. The van der Waals surface area contributed by atoms with E-state index in [0.717, 1.165) is 0 Å². The van der Waals surface area contributed by atoms with E-state index in [2.05, 4.69) is 4.72 Å². The van der Waals surface area contributed by atoms with E-state index in [0.29, 0.717) is 17.2 Å². The molecule has 5 nitrogen and oxygen atoms in total. The molecule has 6 heteroatoms. The van der Waals surface area contributed by atoms with Crippen molar-refractivity contribution in [3.8, 4) is 11.5 Å². The third-order valence-corrected chi connectivity index (χ3v) is 4.10. The number of rotatable bonds is 5. The first-order valence-corrected chi connectivity index (χ1v) is 7.35. The van der Waals surface area contributed by atoms with Crippen LogP contribution in [0.1, 0.15) is 0 Å². The minimum absolute atomic E-state index is 0.157. The van der Waals surface area contributed by atoms with E-state index < -0.39 is 10.0 Å². The Kier molecular flexibility index (Phi) is 4.14. The molecule has 0 saturated carbocycles. The number of para-hydroxylation sites is 2. The van der Waals surface area contributed by atoms with Gasteiger partial charge in [0.05, 0.1) is 24.8 Å².